The minimum atomic E-state index is -0.0591. The predicted molar refractivity (Wildman–Crippen MR) is 120 cm³/mol. The Bertz CT molecular complexity index is 911. The first-order chi connectivity index (χ1) is 15.3. The third-order valence-electron chi connectivity index (χ3n) is 5.62. The van der Waals surface area contributed by atoms with E-state index in [-0.39, 0.29) is 24.5 Å². The number of benzene rings is 1. The highest BCUT2D eigenvalue weighted by molar-refractivity contribution is 5.78. The molecule has 32 heavy (non-hydrogen) atoms. The van der Waals surface area contributed by atoms with Gasteiger partial charge in [0.1, 0.15) is 5.75 Å². The topological polar surface area (TPSA) is 88.8 Å². The lowest BCUT2D eigenvalue weighted by Crippen LogP contribution is -2.52. The molecule has 1 fully saturated rings. The summed E-state index contributed by atoms with van der Waals surface area (Å²) in [5.74, 6) is 2.31. The number of amides is 2. The summed E-state index contributed by atoms with van der Waals surface area (Å²) in [4.78, 5) is 33.2. The Morgan fingerprint density at radius 3 is 2.88 bits per heavy atom. The molecular formula is C24H34N4O4. The van der Waals surface area contributed by atoms with Crippen molar-refractivity contribution in [1.29, 1.82) is 0 Å². The van der Waals surface area contributed by atoms with Crippen LogP contribution in [-0.2, 0) is 22.4 Å². The molecule has 1 atom stereocenters. The van der Waals surface area contributed by atoms with Gasteiger partial charge in [0.25, 0.3) is 5.91 Å². The van der Waals surface area contributed by atoms with E-state index >= 15 is 0 Å². The van der Waals surface area contributed by atoms with Gasteiger partial charge in [0.2, 0.25) is 11.8 Å². The summed E-state index contributed by atoms with van der Waals surface area (Å²) in [7, 11) is 0. The van der Waals surface area contributed by atoms with Crippen molar-refractivity contribution in [3.05, 3.63) is 41.5 Å². The third kappa shape index (κ3) is 6.80. The molecule has 0 radical (unpaired) electrons. The minimum Gasteiger partial charge on any atom is -0.484 e. The minimum absolute atomic E-state index is 0.00225. The van der Waals surface area contributed by atoms with Crippen molar-refractivity contribution in [2.24, 2.45) is 5.92 Å². The van der Waals surface area contributed by atoms with Crippen LogP contribution in [0.15, 0.2) is 28.8 Å². The number of aromatic nitrogens is 2. The van der Waals surface area contributed by atoms with Crippen LogP contribution in [-0.4, -0.2) is 64.0 Å². The standard InChI is InChI=1S/C24H34N4O4/c1-17(2)13-23-25-22(26-32-23)10-12-28(19(4)29)20-8-6-11-27(15-20)24(30)16-31-21-9-5-7-18(3)14-21/h5,7,9,14,17,20H,6,8,10-13,15-16H2,1-4H3. The zero-order valence-electron chi connectivity index (χ0n) is 19.5. The second kappa shape index (κ2) is 11.1. The molecule has 8 nitrogen and oxygen atoms in total. The molecule has 1 unspecified atom stereocenters. The van der Waals surface area contributed by atoms with Crippen LogP contribution < -0.4 is 4.74 Å². The maximum atomic E-state index is 12.7. The Morgan fingerprint density at radius 2 is 2.16 bits per heavy atom. The third-order valence-corrected chi connectivity index (χ3v) is 5.62. The molecule has 0 N–H and O–H groups in total. The Labute approximate surface area is 189 Å². The van der Waals surface area contributed by atoms with Gasteiger partial charge in [-0.1, -0.05) is 31.1 Å². The first-order valence-electron chi connectivity index (χ1n) is 11.4. The van der Waals surface area contributed by atoms with Gasteiger partial charge >= 0.3 is 0 Å². The van der Waals surface area contributed by atoms with Gasteiger partial charge < -0.3 is 19.1 Å². The van der Waals surface area contributed by atoms with Crippen molar-refractivity contribution in [3.8, 4) is 5.75 Å². The number of rotatable bonds is 9. The van der Waals surface area contributed by atoms with Crippen LogP contribution in [0.4, 0.5) is 0 Å². The number of ether oxygens (including phenoxy) is 1. The van der Waals surface area contributed by atoms with Crippen LogP contribution in [0.5, 0.6) is 5.75 Å². The van der Waals surface area contributed by atoms with E-state index < -0.39 is 0 Å². The first kappa shape index (κ1) is 23.8. The molecule has 1 aromatic carbocycles. The summed E-state index contributed by atoms with van der Waals surface area (Å²) >= 11 is 0. The maximum Gasteiger partial charge on any atom is 0.260 e. The van der Waals surface area contributed by atoms with E-state index in [2.05, 4.69) is 24.0 Å². The van der Waals surface area contributed by atoms with Gasteiger partial charge in [0.15, 0.2) is 12.4 Å². The first-order valence-corrected chi connectivity index (χ1v) is 11.4. The Hall–Kier alpha value is -2.90. The van der Waals surface area contributed by atoms with E-state index in [0.717, 1.165) is 24.8 Å². The molecule has 0 aliphatic carbocycles. The van der Waals surface area contributed by atoms with Gasteiger partial charge in [-0.15, -0.1) is 0 Å². The van der Waals surface area contributed by atoms with Crippen molar-refractivity contribution in [3.63, 3.8) is 0 Å². The van der Waals surface area contributed by atoms with E-state index in [1.54, 1.807) is 11.8 Å². The van der Waals surface area contributed by atoms with E-state index in [0.29, 0.717) is 49.4 Å². The molecule has 1 aliphatic rings. The van der Waals surface area contributed by atoms with Crippen molar-refractivity contribution in [1.82, 2.24) is 19.9 Å². The summed E-state index contributed by atoms with van der Waals surface area (Å²) in [6.45, 7) is 9.46. The van der Waals surface area contributed by atoms with Crippen molar-refractivity contribution < 1.29 is 18.8 Å². The number of nitrogens with zero attached hydrogens (tertiary/aromatic N) is 4. The summed E-state index contributed by atoms with van der Waals surface area (Å²) in [6, 6.07) is 7.63. The average molecular weight is 443 g/mol. The Balaban J connectivity index is 1.54. The average Bonchev–Trinajstić information content (AvgIpc) is 3.18. The van der Waals surface area contributed by atoms with Crippen molar-refractivity contribution in [2.75, 3.05) is 26.2 Å². The van der Waals surface area contributed by atoms with Gasteiger partial charge in [-0.3, -0.25) is 9.59 Å². The highest BCUT2D eigenvalue weighted by Gasteiger charge is 2.29. The van der Waals surface area contributed by atoms with E-state index in [1.807, 2.05) is 36.1 Å². The lowest BCUT2D eigenvalue weighted by Gasteiger charge is -2.39. The summed E-state index contributed by atoms with van der Waals surface area (Å²) in [6.07, 6.45) is 2.99. The molecule has 1 aliphatic heterocycles. The lowest BCUT2D eigenvalue weighted by molar-refractivity contribution is -0.139. The van der Waals surface area contributed by atoms with Crippen molar-refractivity contribution >= 4 is 11.8 Å². The van der Waals surface area contributed by atoms with Gasteiger partial charge in [0, 0.05) is 45.4 Å². The molecule has 0 bridgehead atoms. The lowest BCUT2D eigenvalue weighted by atomic mass is 10.0. The molecule has 1 saturated heterocycles. The predicted octanol–water partition coefficient (Wildman–Crippen LogP) is 3.04. The summed E-state index contributed by atoms with van der Waals surface area (Å²) in [5.41, 5.74) is 1.09. The number of carbonyl (C=O) groups is 2. The fourth-order valence-corrected chi connectivity index (χ4v) is 4.02. The second-order valence-electron chi connectivity index (χ2n) is 8.91. The fraction of sp³-hybridized carbons (Fsp3) is 0.583. The molecule has 2 heterocycles. The van der Waals surface area contributed by atoms with E-state index in [4.69, 9.17) is 9.26 Å². The second-order valence-corrected chi connectivity index (χ2v) is 8.91. The molecule has 0 spiro atoms. The molecule has 8 heteroatoms. The highest BCUT2D eigenvalue weighted by atomic mass is 16.5. The van der Waals surface area contributed by atoms with Crippen LogP contribution in [0.25, 0.3) is 0 Å². The SMILES string of the molecule is CC(=O)N(CCc1noc(CC(C)C)n1)C1CCCN(C(=O)COc2cccc(C)c2)C1. The maximum absolute atomic E-state index is 12.7. The fourth-order valence-electron chi connectivity index (χ4n) is 4.02. The molecular weight excluding hydrogens is 408 g/mol. The normalized spacial score (nSPS) is 16.3. The molecule has 2 aromatic rings. The van der Waals surface area contributed by atoms with E-state index in [9.17, 15) is 9.59 Å². The number of carbonyl (C=O) groups excluding carboxylic acids is 2. The quantitative estimate of drug-likeness (QED) is 0.593. The largest absolute Gasteiger partial charge is 0.484 e. The number of hydrogen-bond acceptors (Lipinski definition) is 6. The monoisotopic (exact) mass is 442 g/mol. The van der Waals surface area contributed by atoms with Crippen LogP contribution in [0.2, 0.25) is 0 Å². The van der Waals surface area contributed by atoms with Crippen LogP contribution >= 0.6 is 0 Å². The van der Waals surface area contributed by atoms with Crippen LogP contribution in [0.1, 0.15) is 50.9 Å². The molecule has 0 saturated carbocycles. The summed E-state index contributed by atoms with van der Waals surface area (Å²) in [5, 5.41) is 4.04. The smallest absolute Gasteiger partial charge is 0.260 e. The Morgan fingerprint density at radius 1 is 1.34 bits per heavy atom. The zero-order valence-corrected chi connectivity index (χ0v) is 19.5. The Kier molecular flexibility index (Phi) is 8.25. The van der Waals surface area contributed by atoms with E-state index in [1.165, 1.54) is 0 Å². The molecule has 1 aromatic heterocycles. The summed E-state index contributed by atoms with van der Waals surface area (Å²) < 4.78 is 11.0. The number of piperidine rings is 1. The van der Waals surface area contributed by atoms with Crippen molar-refractivity contribution in [2.45, 2.75) is 59.4 Å². The van der Waals surface area contributed by atoms with Gasteiger partial charge in [-0.2, -0.15) is 4.98 Å². The van der Waals surface area contributed by atoms with Gasteiger partial charge in [-0.25, -0.2) is 0 Å². The zero-order chi connectivity index (χ0) is 23.1. The number of aryl methyl sites for hydroxylation is 1. The van der Waals surface area contributed by atoms with Crippen LogP contribution in [0, 0.1) is 12.8 Å². The van der Waals surface area contributed by atoms with Gasteiger partial charge in [-0.05, 0) is 43.4 Å². The molecule has 174 valence electrons. The number of likely N-dealkylation sites (tertiary alicyclic amines) is 1. The van der Waals surface area contributed by atoms with Crippen LogP contribution in [0.3, 0.4) is 0 Å². The number of hydrogen-bond donors (Lipinski definition) is 0. The molecule has 2 amide bonds. The van der Waals surface area contributed by atoms with Gasteiger partial charge in [0.05, 0.1) is 0 Å². The molecule has 3 rings (SSSR count). The highest BCUT2D eigenvalue weighted by Crippen LogP contribution is 2.18.